The van der Waals surface area contributed by atoms with Gasteiger partial charge in [-0.1, -0.05) is 6.07 Å². The van der Waals surface area contributed by atoms with Crippen molar-refractivity contribution >= 4 is 65.4 Å². The molecule has 44 heavy (non-hydrogen) atoms. The molecule has 4 aromatic rings. The number of ether oxygens (including phenoxy) is 1. The molecule has 0 heterocycles. The predicted molar refractivity (Wildman–Crippen MR) is 148 cm³/mol. The first-order chi connectivity index (χ1) is 20.5. The van der Waals surface area contributed by atoms with Gasteiger partial charge >= 0.3 is 5.97 Å². The number of carboxylic acid groups (broad SMARTS) is 1. The number of aromatic carboxylic acids is 1. The maximum atomic E-state index is 12.1. The van der Waals surface area contributed by atoms with Crippen LogP contribution in [0.15, 0.2) is 84.8 Å². The molecule has 0 aliphatic heterocycles. The minimum Gasteiger partial charge on any atom is -0.505 e. The van der Waals surface area contributed by atoms with Crippen molar-refractivity contribution in [1.29, 1.82) is 0 Å². The molecule has 0 amide bonds. The number of carboxylic acids is 1. The molecule has 0 atom stereocenters. The molecule has 228 valence electrons. The van der Waals surface area contributed by atoms with Gasteiger partial charge in [0, 0.05) is 12.1 Å². The van der Waals surface area contributed by atoms with Gasteiger partial charge in [-0.3, -0.25) is 19.2 Å². The summed E-state index contributed by atoms with van der Waals surface area (Å²) in [5, 5.41) is 56.3. The monoisotopic (exact) mass is 647 g/mol. The number of rotatable bonds is 9. The van der Waals surface area contributed by atoms with Crippen molar-refractivity contribution in [2.75, 3.05) is 7.11 Å². The average Bonchev–Trinajstić information content (AvgIpc) is 2.94. The second kappa shape index (κ2) is 11.6. The Hall–Kier alpha value is -5.57. The fourth-order valence-electron chi connectivity index (χ4n) is 3.84. The highest BCUT2D eigenvalue weighted by Gasteiger charge is 2.25. The van der Waals surface area contributed by atoms with Gasteiger partial charge in [0.15, 0.2) is 11.5 Å². The highest BCUT2D eigenvalue weighted by Crippen LogP contribution is 2.48. The first-order valence-corrected chi connectivity index (χ1v) is 14.4. The molecule has 5 N–H and O–H groups in total. The molecule has 0 radical (unpaired) electrons. The molecular formula is C24H17N5O13S2. The fraction of sp³-hybridized carbons (Fsp3) is 0.0417. The van der Waals surface area contributed by atoms with E-state index >= 15 is 0 Å². The number of azo groups is 2. The van der Waals surface area contributed by atoms with Crippen molar-refractivity contribution < 1.29 is 55.7 Å². The van der Waals surface area contributed by atoms with Crippen LogP contribution in [0.2, 0.25) is 0 Å². The van der Waals surface area contributed by atoms with Crippen molar-refractivity contribution in [3.63, 3.8) is 0 Å². The van der Waals surface area contributed by atoms with Gasteiger partial charge in [0.25, 0.3) is 25.9 Å². The summed E-state index contributed by atoms with van der Waals surface area (Å²) in [5.74, 6) is -3.40. The number of methoxy groups -OCH3 is 1. The summed E-state index contributed by atoms with van der Waals surface area (Å²) in [7, 11) is -8.58. The van der Waals surface area contributed by atoms with E-state index in [1.807, 2.05) is 0 Å². The lowest BCUT2D eigenvalue weighted by Gasteiger charge is -2.11. The van der Waals surface area contributed by atoms with E-state index in [0.29, 0.717) is 0 Å². The fourth-order valence-corrected chi connectivity index (χ4v) is 5.10. The third kappa shape index (κ3) is 6.27. The van der Waals surface area contributed by atoms with E-state index in [4.69, 9.17) is 4.74 Å². The van der Waals surface area contributed by atoms with Gasteiger partial charge < -0.3 is 20.1 Å². The highest BCUT2D eigenvalue weighted by molar-refractivity contribution is 7.86. The van der Waals surface area contributed by atoms with Crippen LogP contribution < -0.4 is 4.74 Å². The topological polar surface area (TPSA) is 288 Å². The Bertz CT molecular complexity index is 2150. The Labute approximate surface area is 245 Å². The maximum absolute atomic E-state index is 12.1. The molecule has 4 rings (SSSR count). The minimum absolute atomic E-state index is 0.142. The summed E-state index contributed by atoms with van der Waals surface area (Å²) in [4.78, 5) is 19.9. The van der Waals surface area contributed by atoms with Gasteiger partial charge in [-0.05, 0) is 41.8 Å². The van der Waals surface area contributed by atoms with Crippen molar-refractivity contribution in [2.45, 2.75) is 9.79 Å². The second-order valence-corrected chi connectivity index (χ2v) is 11.3. The lowest BCUT2D eigenvalue weighted by atomic mass is 10.1. The smallest absolute Gasteiger partial charge is 0.342 e. The SMILES string of the molecule is COc1ccc(S(=O)(=O)O)c(N=Nc2ccc3cc(S(=O)(=O)O)c(N=Nc4ccc([N+](=O)[O-])c(C(=O)O)c4)c(O)c3c2O)c1. The van der Waals surface area contributed by atoms with Crippen LogP contribution in [0, 0.1) is 10.1 Å². The first-order valence-electron chi connectivity index (χ1n) is 11.5. The number of phenols is 2. The van der Waals surface area contributed by atoms with E-state index in [2.05, 4.69) is 20.5 Å². The Kier molecular flexibility index (Phi) is 8.27. The maximum Gasteiger partial charge on any atom is 0.342 e. The van der Waals surface area contributed by atoms with Crippen LogP contribution in [-0.4, -0.2) is 59.3 Å². The van der Waals surface area contributed by atoms with E-state index in [1.54, 1.807) is 0 Å². The van der Waals surface area contributed by atoms with Gasteiger partial charge in [-0.25, -0.2) is 4.79 Å². The molecule has 4 aromatic carbocycles. The summed E-state index contributed by atoms with van der Waals surface area (Å²) in [6.07, 6.45) is 0. The van der Waals surface area contributed by atoms with E-state index in [1.165, 1.54) is 13.2 Å². The lowest BCUT2D eigenvalue weighted by Crippen LogP contribution is -2.02. The van der Waals surface area contributed by atoms with Crippen molar-refractivity contribution in [3.8, 4) is 17.2 Å². The zero-order valence-electron chi connectivity index (χ0n) is 21.8. The number of nitro groups is 1. The number of nitro benzene ring substituents is 1. The molecule has 0 aromatic heterocycles. The number of phenolic OH excluding ortho intramolecular Hbond substituents is 2. The molecular weight excluding hydrogens is 630 g/mol. The van der Waals surface area contributed by atoms with Gasteiger partial charge in [-0.2, -0.15) is 21.9 Å². The van der Waals surface area contributed by atoms with Crippen molar-refractivity contribution in [3.05, 3.63) is 70.3 Å². The summed E-state index contributed by atoms with van der Waals surface area (Å²) < 4.78 is 72.0. The number of fused-ring (bicyclic) bond motifs is 1. The largest absolute Gasteiger partial charge is 0.505 e. The van der Waals surface area contributed by atoms with Crippen LogP contribution in [0.4, 0.5) is 28.4 Å². The van der Waals surface area contributed by atoms with E-state index in [9.17, 15) is 56.2 Å². The van der Waals surface area contributed by atoms with Crippen LogP contribution in [0.5, 0.6) is 17.2 Å². The molecule has 0 unspecified atom stereocenters. The predicted octanol–water partition coefficient (Wildman–Crippen LogP) is 5.19. The van der Waals surface area contributed by atoms with Crippen molar-refractivity contribution in [2.24, 2.45) is 20.5 Å². The summed E-state index contributed by atoms with van der Waals surface area (Å²) >= 11 is 0. The molecule has 0 saturated carbocycles. The summed E-state index contributed by atoms with van der Waals surface area (Å²) in [5.41, 5.74) is -3.57. The molecule has 20 heteroatoms. The zero-order valence-corrected chi connectivity index (χ0v) is 23.4. The van der Waals surface area contributed by atoms with Gasteiger partial charge in [0.1, 0.15) is 38.2 Å². The molecule has 0 saturated heterocycles. The quantitative estimate of drug-likeness (QED) is 0.0677. The van der Waals surface area contributed by atoms with Gasteiger partial charge in [-0.15, -0.1) is 15.3 Å². The number of carbonyl (C=O) groups is 1. The Morgan fingerprint density at radius 3 is 2.07 bits per heavy atom. The number of hydrogen-bond donors (Lipinski definition) is 5. The standard InChI is InChI=1S/C24H17N5O13S2/c1-42-13-4-7-18(43(36,37)38)16(10-13)27-26-15-5-2-11-8-19(44(39,40)41)21(23(31)20(11)22(15)30)28-25-12-3-6-17(29(34)35)14(9-12)24(32)33/h2-10,30-31H,1H3,(H,32,33)(H,36,37,38)(H,39,40,41). The van der Waals surface area contributed by atoms with E-state index in [-0.39, 0.29) is 22.5 Å². The molecule has 0 aliphatic carbocycles. The summed E-state index contributed by atoms with van der Waals surface area (Å²) in [6.45, 7) is 0. The summed E-state index contributed by atoms with van der Waals surface area (Å²) in [6, 6.07) is 8.96. The van der Waals surface area contributed by atoms with Gasteiger partial charge in [0.05, 0.1) is 23.1 Å². The number of aromatic hydroxyl groups is 2. The van der Waals surface area contributed by atoms with Crippen LogP contribution >= 0.6 is 0 Å². The molecule has 0 fully saturated rings. The van der Waals surface area contributed by atoms with Crippen LogP contribution in [0.25, 0.3) is 10.8 Å². The Balaban J connectivity index is 1.89. The molecule has 0 aliphatic rings. The number of benzene rings is 4. The first kappa shape index (κ1) is 31.4. The van der Waals surface area contributed by atoms with Crippen LogP contribution in [-0.2, 0) is 20.2 Å². The second-order valence-electron chi connectivity index (χ2n) is 8.55. The number of hydrogen-bond acceptors (Lipinski definition) is 14. The van der Waals surface area contributed by atoms with E-state index in [0.717, 1.165) is 48.5 Å². The van der Waals surface area contributed by atoms with Crippen LogP contribution in [0.1, 0.15) is 10.4 Å². The zero-order chi connectivity index (χ0) is 32.6. The number of nitrogens with zero attached hydrogens (tertiary/aromatic N) is 5. The Morgan fingerprint density at radius 1 is 0.818 bits per heavy atom. The third-order valence-corrected chi connectivity index (χ3v) is 7.60. The minimum atomic E-state index is -5.10. The molecule has 0 bridgehead atoms. The third-order valence-electron chi connectivity index (χ3n) is 5.83. The van der Waals surface area contributed by atoms with Gasteiger partial charge in [0.2, 0.25) is 0 Å². The molecule has 0 spiro atoms. The molecule has 18 nitrogen and oxygen atoms in total. The van der Waals surface area contributed by atoms with Crippen molar-refractivity contribution in [1.82, 2.24) is 0 Å². The van der Waals surface area contributed by atoms with E-state index < -0.39 is 80.4 Å². The lowest BCUT2D eigenvalue weighted by molar-refractivity contribution is -0.385. The van der Waals surface area contributed by atoms with Crippen LogP contribution in [0.3, 0.4) is 0 Å². The normalized spacial score (nSPS) is 12.2. The average molecular weight is 648 g/mol. The Morgan fingerprint density at radius 2 is 1.48 bits per heavy atom. The highest BCUT2D eigenvalue weighted by atomic mass is 32.2.